The molecule has 2 amide bonds. The topological polar surface area (TPSA) is 41.1 Å². The second-order valence-corrected chi connectivity index (χ2v) is 5.80. The van der Waals surface area contributed by atoms with Gasteiger partial charge in [-0.2, -0.15) is 0 Å². The number of benzene rings is 1. The van der Waals surface area contributed by atoms with Gasteiger partial charge in [-0.15, -0.1) is 0 Å². The van der Waals surface area contributed by atoms with E-state index < -0.39 is 0 Å². The summed E-state index contributed by atoms with van der Waals surface area (Å²) in [4.78, 5) is 11.9. The summed E-state index contributed by atoms with van der Waals surface area (Å²) in [6, 6.07) is 7.83. The molecule has 1 aromatic rings. The highest BCUT2D eigenvalue weighted by atomic mass is 79.9. The Labute approximate surface area is 116 Å². The molecule has 18 heavy (non-hydrogen) atoms. The summed E-state index contributed by atoms with van der Waals surface area (Å²) in [5.41, 5.74) is 0.804. The first-order valence-corrected chi connectivity index (χ1v) is 7.28. The highest BCUT2D eigenvalue weighted by Gasteiger charge is 2.22. The molecule has 2 atom stereocenters. The number of anilines is 1. The van der Waals surface area contributed by atoms with Crippen molar-refractivity contribution in [1.29, 1.82) is 0 Å². The quantitative estimate of drug-likeness (QED) is 0.846. The van der Waals surface area contributed by atoms with Crippen molar-refractivity contribution < 1.29 is 4.79 Å². The molecule has 3 nitrogen and oxygen atoms in total. The van der Waals surface area contributed by atoms with Gasteiger partial charge in [-0.3, -0.25) is 0 Å². The standard InChI is InChI=1S/C14H19BrN2O/c1-10-6-2-4-8-12(10)16-14(18)17-13-9-5-3-7-11(13)15/h3,5,7,9-10,12H,2,4,6,8H2,1H3,(H2,16,17,18)/t10-,12-/m0/s1. The van der Waals surface area contributed by atoms with Crippen LogP contribution in [-0.4, -0.2) is 12.1 Å². The van der Waals surface area contributed by atoms with Gasteiger partial charge in [0, 0.05) is 10.5 Å². The van der Waals surface area contributed by atoms with Crippen LogP contribution in [0.2, 0.25) is 0 Å². The van der Waals surface area contributed by atoms with Gasteiger partial charge in [-0.1, -0.05) is 31.9 Å². The third kappa shape index (κ3) is 3.48. The van der Waals surface area contributed by atoms with Crippen LogP contribution >= 0.6 is 15.9 Å². The molecule has 0 bridgehead atoms. The van der Waals surface area contributed by atoms with Crippen LogP contribution < -0.4 is 10.6 Å². The maximum atomic E-state index is 11.9. The van der Waals surface area contributed by atoms with E-state index in [0.29, 0.717) is 12.0 Å². The van der Waals surface area contributed by atoms with E-state index in [9.17, 15) is 4.79 Å². The number of amides is 2. The smallest absolute Gasteiger partial charge is 0.319 e. The second kappa shape index (κ2) is 6.23. The zero-order valence-electron chi connectivity index (χ0n) is 10.6. The second-order valence-electron chi connectivity index (χ2n) is 4.95. The third-order valence-electron chi connectivity index (χ3n) is 3.55. The van der Waals surface area contributed by atoms with Crippen LogP contribution in [0.3, 0.4) is 0 Å². The first-order valence-electron chi connectivity index (χ1n) is 6.49. The molecular formula is C14H19BrN2O. The van der Waals surface area contributed by atoms with E-state index >= 15 is 0 Å². The van der Waals surface area contributed by atoms with Crippen LogP contribution in [0.25, 0.3) is 0 Å². The van der Waals surface area contributed by atoms with E-state index in [1.165, 1.54) is 19.3 Å². The molecule has 1 aliphatic carbocycles. The van der Waals surface area contributed by atoms with Gasteiger partial charge in [-0.05, 0) is 46.8 Å². The van der Waals surface area contributed by atoms with Gasteiger partial charge in [-0.25, -0.2) is 4.79 Å². The number of carbonyl (C=O) groups is 1. The molecule has 0 aromatic heterocycles. The third-order valence-corrected chi connectivity index (χ3v) is 4.24. The number of nitrogens with one attached hydrogen (secondary N) is 2. The van der Waals surface area contributed by atoms with E-state index in [0.717, 1.165) is 16.6 Å². The van der Waals surface area contributed by atoms with Crippen LogP contribution in [0, 0.1) is 5.92 Å². The normalized spacial score (nSPS) is 23.4. The first-order chi connectivity index (χ1) is 8.66. The van der Waals surface area contributed by atoms with Crippen LogP contribution in [0.5, 0.6) is 0 Å². The van der Waals surface area contributed by atoms with Crippen molar-refractivity contribution in [3.63, 3.8) is 0 Å². The molecular weight excluding hydrogens is 292 g/mol. The van der Waals surface area contributed by atoms with Crippen LogP contribution in [0.1, 0.15) is 32.6 Å². The molecule has 0 spiro atoms. The zero-order valence-corrected chi connectivity index (χ0v) is 12.2. The Morgan fingerprint density at radius 3 is 2.72 bits per heavy atom. The molecule has 0 saturated heterocycles. The number of urea groups is 1. The van der Waals surface area contributed by atoms with Gasteiger partial charge in [0.15, 0.2) is 0 Å². The van der Waals surface area contributed by atoms with Crippen LogP contribution in [0.15, 0.2) is 28.7 Å². The largest absolute Gasteiger partial charge is 0.335 e. The van der Waals surface area contributed by atoms with Gasteiger partial charge >= 0.3 is 6.03 Å². The minimum atomic E-state index is -0.111. The van der Waals surface area contributed by atoms with E-state index in [4.69, 9.17) is 0 Å². The van der Waals surface area contributed by atoms with Crippen LogP contribution in [0.4, 0.5) is 10.5 Å². The lowest BCUT2D eigenvalue weighted by molar-refractivity contribution is 0.232. The summed E-state index contributed by atoms with van der Waals surface area (Å²) in [5, 5.41) is 5.95. The predicted molar refractivity (Wildman–Crippen MR) is 77.7 cm³/mol. The van der Waals surface area contributed by atoms with E-state index in [1.807, 2.05) is 24.3 Å². The summed E-state index contributed by atoms with van der Waals surface area (Å²) < 4.78 is 0.900. The molecule has 0 heterocycles. The Balaban J connectivity index is 1.90. The van der Waals surface area contributed by atoms with E-state index in [1.54, 1.807) is 0 Å². The Morgan fingerprint density at radius 1 is 1.28 bits per heavy atom. The van der Waals surface area contributed by atoms with Crippen LogP contribution in [-0.2, 0) is 0 Å². The molecule has 1 aromatic carbocycles. The molecule has 1 aliphatic rings. The van der Waals surface area contributed by atoms with Crippen molar-refractivity contribution in [1.82, 2.24) is 5.32 Å². The SMILES string of the molecule is C[C@H]1CCCC[C@@H]1NC(=O)Nc1ccccc1Br. The maximum Gasteiger partial charge on any atom is 0.319 e. The van der Waals surface area contributed by atoms with Gasteiger partial charge in [0.05, 0.1) is 5.69 Å². The molecule has 2 rings (SSSR count). The minimum Gasteiger partial charge on any atom is -0.335 e. The molecule has 0 aliphatic heterocycles. The van der Waals surface area contributed by atoms with Crippen molar-refractivity contribution >= 4 is 27.6 Å². The Hall–Kier alpha value is -1.03. The Bertz CT molecular complexity index is 422. The number of para-hydroxylation sites is 1. The molecule has 2 N–H and O–H groups in total. The highest BCUT2D eigenvalue weighted by Crippen LogP contribution is 2.24. The van der Waals surface area contributed by atoms with Crippen molar-refractivity contribution in [2.45, 2.75) is 38.6 Å². The number of hydrogen-bond acceptors (Lipinski definition) is 1. The van der Waals surface area contributed by atoms with Crippen molar-refractivity contribution in [2.75, 3.05) is 5.32 Å². The summed E-state index contributed by atoms with van der Waals surface area (Å²) in [6.07, 6.45) is 4.79. The zero-order chi connectivity index (χ0) is 13.0. The number of carbonyl (C=O) groups excluding carboxylic acids is 1. The lowest BCUT2D eigenvalue weighted by atomic mass is 9.86. The van der Waals surface area contributed by atoms with E-state index in [-0.39, 0.29) is 6.03 Å². The molecule has 4 heteroatoms. The summed E-state index contributed by atoms with van der Waals surface area (Å²) in [7, 11) is 0. The predicted octanol–water partition coefficient (Wildman–Crippen LogP) is 4.15. The maximum absolute atomic E-state index is 11.9. The lowest BCUT2D eigenvalue weighted by Gasteiger charge is -2.29. The van der Waals surface area contributed by atoms with Gasteiger partial charge < -0.3 is 10.6 Å². The fourth-order valence-electron chi connectivity index (χ4n) is 2.42. The summed E-state index contributed by atoms with van der Waals surface area (Å²) in [5.74, 6) is 0.573. The molecule has 0 radical (unpaired) electrons. The van der Waals surface area contributed by atoms with Crippen molar-refractivity contribution in [3.8, 4) is 0 Å². The monoisotopic (exact) mass is 310 g/mol. The first kappa shape index (κ1) is 13.4. The van der Waals surface area contributed by atoms with E-state index in [2.05, 4.69) is 33.5 Å². The summed E-state index contributed by atoms with van der Waals surface area (Å²) in [6.45, 7) is 2.21. The molecule has 1 fully saturated rings. The number of rotatable bonds is 2. The van der Waals surface area contributed by atoms with Gasteiger partial charge in [0.25, 0.3) is 0 Å². The number of halogens is 1. The average molecular weight is 311 g/mol. The van der Waals surface area contributed by atoms with Crippen molar-refractivity contribution in [2.24, 2.45) is 5.92 Å². The fraction of sp³-hybridized carbons (Fsp3) is 0.500. The molecule has 0 unspecified atom stereocenters. The Kier molecular flexibility index (Phi) is 4.64. The van der Waals surface area contributed by atoms with Gasteiger partial charge in [0.2, 0.25) is 0 Å². The number of hydrogen-bond donors (Lipinski definition) is 2. The molecule has 1 saturated carbocycles. The minimum absolute atomic E-state index is 0.111. The Morgan fingerprint density at radius 2 is 2.00 bits per heavy atom. The van der Waals surface area contributed by atoms with Gasteiger partial charge in [0.1, 0.15) is 0 Å². The summed E-state index contributed by atoms with van der Waals surface area (Å²) >= 11 is 3.42. The molecule has 98 valence electrons. The fourth-order valence-corrected chi connectivity index (χ4v) is 2.80. The highest BCUT2D eigenvalue weighted by molar-refractivity contribution is 9.10. The lowest BCUT2D eigenvalue weighted by Crippen LogP contribution is -2.43. The average Bonchev–Trinajstić information content (AvgIpc) is 2.35. The van der Waals surface area contributed by atoms with Crippen molar-refractivity contribution in [3.05, 3.63) is 28.7 Å².